The molecule has 5 nitrogen and oxygen atoms in total. The van der Waals surface area contributed by atoms with Crippen molar-refractivity contribution in [3.8, 4) is 17.0 Å². The number of ether oxygens (including phenoxy) is 1. The van der Waals surface area contributed by atoms with Crippen molar-refractivity contribution in [2.45, 2.75) is 6.54 Å². The lowest BCUT2D eigenvalue weighted by molar-refractivity contribution is 0.395. The third kappa shape index (κ3) is 2.81. The summed E-state index contributed by atoms with van der Waals surface area (Å²) in [5.41, 5.74) is 8.72. The van der Waals surface area contributed by atoms with Gasteiger partial charge in [-0.15, -0.1) is 0 Å². The number of hydrogen-bond acceptors (Lipinski definition) is 4. The Bertz CT molecular complexity index is 534. The van der Waals surface area contributed by atoms with E-state index in [1.807, 2.05) is 32.3 Å². The van der Waals surface area contributed by atoms with Crippen molar-refractivity contribution in [2.75, 3.05) is 26.9 Å². The van der Waals surface area contributed by atoms with Gasteiger partial charge in [0.1, 0.15) is 11.6 Å². The van der Waals surface area contributed by atoms with E-state index in [4.69, 9.17) is 10.5 Å². The Labute approximate surface area is 107 Å². The van der Waals surface area contributed by atoms with Gasteiger partial charge in [0.2, 0.25) is 0 Å². The lowest BCUT2D eigenvalue weighted by Gasteiger charge is -2.12. The van der Waals surface area contributed by atoms with Crippen LogP contribution in [0.5, 0.6) is 5.75 Å². The molecule has 0 aliphatic heterocycles. The Balaban J connectivity index is 2.40. The molecule has 1 aromatic carbocycles. The van der Waals surface area contributed by atoms with Gasteiger partial charge in [-0.1, -0.05) is 0 Å². The monoisotopic (exact) mass is 246 g/mol. The fourth-order valence-corrected chi connectivity index (χ4v) is 1.88. The third-order valence-corrected chi connectivity index (χ3v) is 2.61. The summed E-state index contributed by atoms with van der Waals surface area (Å²) < 4.78 is 5.32. The molecule has 0 unspecified atom stereocenters. The molecule has 18 heavy (non-hydrogen) atoms. The van der Waals surface area contributed by atoms with E-state index in [2.05, 4.69) is 21.2 Å². The second-order valence-electron chi connectivity index (χ2n) is 4.51. The van der Waals surface area contributed by atoms with Gasteiger partial charge in [-0.25, -0.2) is 0 Å². The van der Waals surface area contributed by atoms with Gasteiger partial charge in [-0.2, -0.15) is 5.10 Å². The van der Waals surface area contributed by atoms with Crippen LogP contribution in [0.15, 0.2) is 24.3 Å². The highest BCUT2D eigenvalue weighted by molar-refractivity contribution is 5.64. The average Bonchev–Trinajstić information content (AvgIpc) is 2.74. The number of methoxy groups -OCH3 is 1. The Kier molecular flexibility index (Phi) is 3.53. The van der Waals surface area contributed by atoms with Gasteiger partial charge in [0, 0.05) is 18.2 Å². The Morgan fingerprint density at radius 1 is 1.28 bits per heavy atom. The average molecular weight is 246 g/mol. The van der Waals surface area contributed by atoms with Crippen LogP contribution >= 0.6 is 0 Å². The lowest BCUT2D eigenvalue weighted by Crippen LogP contribution is -2.10. The highest BCUT2D eigenvalue weighted by atomic mass is 16.5. The SMILES string of the molecule is COc1cc(CN(C)C)cc(-c2cc(N)n[nH]2)c1. The smallest absolute Gasteiger partial charge is 0.145 e. The molecule has 0 radical (unpaired) electrons. The fraction of sp³-hybridized carbons (Fsp3) is 0.308. The predicted octanol–water partition coefficient (Wildman–Crippen LogP) is 1.73. The third-order valence-electron chi connectivity index (χ3n) is 2.61. The quantitative estimate of drug-likeness (QED) is 0.862. The molecule has 0 aliphatic rings. The van der Waals surface area contributed by atoms with Gasteiger partial charge in [0.05, 0.1) is 12.8 Å². The number of anilines is 1. The van der Waals surface area contributed by atoms with E-state index in [9.17, 15) is 0 Å². The molecule has 0 saturated heterocycles. The number of H-pyrrole nitrogens is 1. The van der Waals surface area contributed by atoms with Crippen molar-refractivity contribution < 1.29 is 4.74 Å². The number of nitrogens with zero attached hydrogens (tertiary/aromatic N) is 2. The summed E-state index contributed by atoms with van der Waals surface area (Å²) in [7, 11) is 5.74. The van der Waals surface area contributed by atoms with Gasteiger partial charge in [-0.05, 0) is 37.9 Å². The number of benzene rings is 1. The molecule has 5 heteroatoms. The zero-order valence-electron chi connectivity index (χ0n) is 10.9. The summed E-state index contributed by atoms with van der Waals surface area (Å²) >= 11 is 0. The second-order valence-corrected chi connectivity index (χ2v) is 4.51. The van der Waals surface area contributed by atoms with Crippen molar-refractivity contribution in [1.29, 1.82) is 0 Å². The van der Waals surface area contributed by atoms with Crippen molar-refractivity contribution in [1.82, 2.24) is 15.1 Å². The largest absolute Gasteiger partial charge is 0.497 e. The molecule has 2 rings (SSSR count). The maximum atomic E-state index is 5.62. The zero-order chi connectivity index (χ0) is 13.1. The standard InChI is InChI=1S/C13H18N4O/c1-17(2)8-9-4-10(6-11(5-9)18-3)12-7-13(14)16-15-12/h4-7H,8H2,1-3H3,(H3,14,15,16). The molecular formula is C13H18N4O. The lowest BCUT2D eigenvalue weighted by atomic mass is 10.1. The van der Waals surface area contributed by atoms with Gasteiger partial charge in [0.15, 0.2) is 0 Å². The van der Waals surface area contributed by atoms with Crippen LogP contribution in [-0.2, 0) is 6.54 Å². The Hall–Kier alpha value is -2.01. The van der Waals surface area contributed by atoms with Crippen LogP contribution in [0.2, 0.25) is 0 Å². The van der Waals surface area contributed by atoms with Crippen LogP contribution in [0.25, 0.3) is 11.3 Å². The van der Waals surface area contributed by atoms with Gasteiger partial charge >= 0.3 is 0 Å². The molecule has 0 aliphatic carbocycles. The molecule has 2 aromatic rings. The number of aromatic nitrogens is 2. The van der Waals surface area contributed by atoms with E-state index in [-0.39, 0.29) is 0 Å². The normalized spacial score (nSPS) is 10.9. The highest BCUT2D eigenvalue weighted by Gasteiger charge is 2.07. The Morgan fingerprint density at radius 3 is 2.61 bits per heavy atom. The molecule has 0 atom stereocenters. The van der Waals surface area contributed by atoms with Crippen molar-refractivity contribution in [3.05, 3.63) is 29.8 Å². The van der Waals surface area contributed by atoms with Crippen molar-refractivity contribution in [3.63, 3.8) is 0 Å². The molecule has 0 saturated carbocycles. The highest BCUT2D eigenvalue weighted by Crippen LogP contribution is 2.26. The molecule has 0 amide bonds. The second kappa shape index (κ2) is 5.10. The number of nitrogens with one attached hydrogen (secondary N) is 1. The first-order valence-corrected chi connectivity index (χ1v) is 5.72. The van der Waals surface area contributed by atoms with Crippen LogP contribution in [0.3, 0.4) is 0 Å². The van der Waals surface area contributed by atoms with E-state index in [0.29, 0.717) is 5.82 Å². The van der Waals surface area contributed by atoms with Crippen LogP contribution in [-0.4, -0.2) is 36.3 Å². The van der Waals surface area contributed by atoms with E-state index in [0.717, 1.165) is 23.6 Å². The van der Waals surface area contributed by atoms with Crippen LogP contribution < -0.4 is 10.5 Å². The minimum Gasteiger partial charge on any atom is -0.497 e. The van der Waals surface area contributed by atoms with Gasteiger partial charge < -0.3 is 15.4 Å². The summed E-state index contributed by atoms with van der Waals surface area (Å²) in [5, 5.41) is 6.85. The van der Waals surface area contributed by atoms with Crippen molar-refractivity contribution in [2.24, 2.45) is 0 Å². The number of hydrogen-bond donors (Lipinski definition) is 2. The van der Waals surface area contributed by atoms with Crippen LogP contribution in [0.4, 0.5) is 5.82 Å². The first kappa shape index (κ1) is 12.4. The molecule has 3 N–H and O–H groups in total. The van der Waals surface area contributed by atoms with E-state index in [1.165, 1.54) is 5.56 Å². The summed E-state index contributed by atoms with van der Waals surface area (Å²) in [4.78, 5) is 2.11. The maximum absolute atomic E-state index is 5.62. The Morgan fingerprint density at radius 2 is 2.06 bits per heavy atom. The topological polar surface area (TPSA) is 67.2 Å². The molecule has 96 valence electrons. The predicted molar refractivity (Wildman–Crippen MR) is 72.4 cm³/mol. The number of nitrogens with two attached hydrogens (primary N) is 1. The molecule has 1 aromatic heterocycles. The molecule has 0 bridgehead atoms. The van der Waals surface area contributed by atoms with Crippen LogP contribution in [0.1, 0.15) is 5.56 Å². The molecule has 1 heterocycles. The van der Waals surface area contributed by atoms with Crippen LogP contribution in [0, 0.1) is 0 Å². The zero-order valence-corrected chi connectivity index (χ0v) is 10.9. The molecule has 0 spiro atoms. The maximum Gasteiger partial charge on any atom is 0.145 e. The fourth-order valence-electron chi connectivity index (χ4n) is 1.88. The van der Waals surface area contributed by atoms with E-state index in [1.54, 1.807) is 7.11 Å². The first-order valence-electron chi connectivity index (χ1n) is 5.72. The summed E-state index contributed by atoms with van der Waals surface area (Å²) in [5.74, 6) is 1.32. The first-order chi connectivity index (χ1) is 8.58. The minimum absolute atomic E-state index is 0.488. The summed E-state index contributed by atoms with van der Waals surface area (Å²) in [6, 6.07) is 7.92. The molecular weight excluding hydrogens is 228 g/mol. The van der Waals surface area contributed by atoms with E-state index < -0.39 is 0 Å². The minimum atomic E-state index is 0.488. The summed E-state index contributed by atoms with van der Waals surface area (Å²) in [6.45, 7) is 0.855. The van der Waals surface area contributed by atoms with Gasteiger partial charge in [0.25, 0.3) is 0 Å². The number of aromatic amines is 1. The van der Waals surface area contributed by atoms with Gasteiger partial charge in [-0.3, -0.25) is 5.10 Å². The van der Waals surface area contributed by atoms with E-state index >= 15 is 0 Å². The van der Waals surface area contributed by atoms with Crippen molar-refractivity contribution >= 4 is 5.82 Å². The number of nitrogen functional groups attached to an aromatic ring is 1. The summed E-state index contributed by atoms with van der Waals surface area (Å²) in [6.07, 6.45) is 0. The number of rotatable bonds is 4. The molecule has 0 fully saturated rings.